The molecule has 7 heteroatoms. The predicted octanol–water partition coefficient (Wildman–Crippen LogP) is 5.21. The molecule has 0 aliphatic carbocycles. The Labute approximate surface area is 131 Å². The second-order valence-electron chi connectivity index (χ2n) is 3.97. The molecule has 0 aliphatic heterocycles. The van der Waals surface area contributed by atoms with Gasteiger partial charge in [0.05, 0.1) is 15.5 Å². The molecule has 0 saturated heterocycles. The Morgan fingerprint density at radius 2 is 2.15 bits per heavy atom. The maximum absolute atomic E-state index is 14.2. The van der Waals surface area contributed by atoms with Crippen LogP contribution in [0.3, 0.4) is 0 Å². The fourth-order valence-electron chi connectivity index (χ4n) is 1.88. The summed E-state index contributed by atoms with van der Waals surface area (Å²) in [5, 5.41) is 5.86. The number of hydrogen-bond acceptors (Lipinski definition) is 4. The summed E-state index contributed by atoms with van der Waals surface area (Å²) in [6, 6.07) is 6.60. The number of benzene rings is 1. The van der Waals surface area contributed by atoms with E-state index in [9.17, 15) is 4.39 Å². The smallest absolute Gasteiger partial charge is 0.230 e. The van der Waals surface area contributed by atoms with E-state index in [1.165, 1.54) is 17.4 Å². The van der Waals surface area contributed by atoms with Gasteiger partial charge >= 0.3 is 0 Å². The van der Waals surface area contributed by atoms with Gasteiger partial charge in [0, 0.05) is 10.0 Å². The van der Waals surface area contributed by atoms with Gasteiger partial charge in [-0.25, -0.2) is 4.39 Å². The second-order valence-corrected chi connectivity index (χ2v) is 6.15. The first-order valence-electron chi connectivity index (χ1n) is 5.52. The Morgan fingerprint density at radius 3 is 2.85 bits per heavy atom. The second kappa shape index (κ2) is 5.20. The highest BCUT2D eigenvalue weighted by atomic mass is 79.9. The molecule has 0 aliphatic rings. The van der Waals surface area contributed by atoms with Crippen LogP contribution < -0.4 is 5.73 Å². The number of thiophene rings is 1. The molecule has 0 atom stereocenters. The topological polar surface area (TPSA) is 52.0 Å². The lowest BCUT2D eigenvalue weighted by Gasteiger charge is -2.04. The van der Waals surface area contributed by atoms with E-state index >= 15 is 0 Å². The maximum atomic E-state index is 14.2. The van der Waals surface area contributed by atoms with Gasteiger partial charge in [-0.05, 0) is 33.4 Å². The molecular weight excluding hydrogens is 367 g/mol. The SMILES string of the molecule is Nc1onc(-c2sccc2Br)c1-c1cccc(Cl)c1F. The third-order valence-corrected chi connectivity index (χ3v) is 4.91. The number of nitrogen functional groups attached to an aromatic ring is 1. The summed E-state index contributed by atoms with van der Waals surface area (Å²) in [6.45, 7) is 0. The Balaban J connectivity index is 2.27. The summed E-state index contributed by atoms with van der Waals surface area (Å²) in [4.78, 5) is 0.819. The molecule has 102 valence electrons. The largest absolute Gasteiger partial charge is 0.367 e. The third-order valence-electron chi connectivity index (χ3n) is 2.77. The molecule has 3 nitrogen and oxygen atoms in total. The first kappa shape index (κ1) is 13.6. The summed E-state index contributed by atoms with van der Waals surface area (Å²) in [5.41, 5.74) is 6.97. The van der Waals surface area contributed by atoms with Crippen molar-refractivity contribution < 1.29 is 8.91 Å². The normalized spacial score (nSPS) is 10.9. The van der Waals surface area contributed by atoms with E-state index in [1.807, 2.05) is 11.4 Å². The van der Waals surface area contributed by atoms with E-state index < -0.39 is 5.82 Å². The molecule has 0 amide bonds. The van der Waals surface area contributed by atoms with Crippen LogP contribution in [-0.2, 0) is 0 Å². The number of rotatable bonds is 2. The zero-order chi connectivity index (χ0) is 14.3. The molecule has 0 saturated carbocycles. The van der Waals surface area contributed by atoms with Gasteiger partial charge in [-0.2, -0.15) is 0 Å². The molecule has 2 N–H and O–H groups in total. The van der Waals surface area contributed by atoms with Crippen LogP contribution in [0.4, 0.5) is 10.3 Å². The van der Waals surface area contributed by atoms with Crippen molar-refractivity contribution in [2.45, 2.75) is 0 Å². The zero-order valence-corrected chi connectivity index (χ0v) is 13.0. The van der Waals surface area contributed by atoms with Gasteiger partial charge in [0.1, 0.15) is 11.5 Å². The average Bonchev–Trinajstić information content (AvgIpc) is 2.99. The number of nitrogens with two attached hydrogens (primary N) is 1. The van der Waals surface area contributed by atoms with Gasteiger partial charge in [-0.15, -0.1) is 11.3 Å². The molecule has 0 radical (unpaired) electrons. The van der Waals surface area contributed by atoms with Gasteiger partial charge < -0.3 is 10.3 Å². The molecule has 0 bridgehead atoms. The van der Waals surface area contributed by atoms with Gasteiger partial charge in [-0.3, -0.25) is 0 Å². The van der Waals surface area contributed by atoms with Crippen LogP contribution in [0.2, 0.25) is 5.02 Å². The molecule has 3 rings (SSSR count). The molecule has 3 aromatic rings. The standard InChI is InChI=1S/C13H7BrClFN2OS/c14-7-4-5-20-12(7)11-9(13(17)19-18-11)6-2-1-3-8(15)10(6)16/h1-5H,17H2. The Morgan fingerprint density at radius 1 is 1.35 bits per heavy atom. The van der Waals surface area contributed by atoms with Crippen LogP contribution in [0, 0.1) is 5.82 Å². The summed E-state index contributed by atoms with van der Waals surface area (Å²) in [6.07, 6.45) is 0. The van der Waals surface area contributed by atoms with E-state index in [4.69, 9.17) is 21.9 Å². The summed E-state index contributed by atoms with van der Waals surface area (Å²) >= 11 is 10.7. The van der Waals surface area contributed by atoms with Crippen molar-refractivity contribution >= 4 is 44.8 Å². The van der Waals surface area contributed by atoms with Crippen molar-refractivity contribution in [3.8, 4) is 21.7 Å². The third kappa shape index (κ3) is 2.13. The van der Waals surface area contributed by atoms with Gasteiger partial charge in [0.15, 0.2) is 0 Å². The van der Waals surface area contributed by atoms with Crippen molar-refractivity contribution in [3.05, 3.63) is 45.0 Å². The van der Waals surface area contributed by atoms with Crippen molar-refractivity contribution in [2.24, 2.45) is 0 Å². The zero-order valence-electron chi connectivity index (χ0n) is 9.86. The number of hydrogen-bond donors (Lipinski definition) is 1. The molecule has 2 heterocycles. The fraction of sp³-hybridized carbons (Fsp3) is 0. The lowest BCUT2D eigenvalue weighted by molar-refractivity contribution is 0.439. The summed E-state index contributed by atoms with van der Waals surface area (Å²) in [7, 11) is 0. The van der Waals surface area contributed by atoms with Gasteiger partial charge in [0.2, 0.25) is 5.88 Å². The van der Waals surface area contributed by atoms with Crippen molar-refractivity contribution in [2.75, 3.05) is 5.73 Å². The lowest BCUT2D eigenvalue weighted by atomic mass is 10.0. The van der Waals surface area contributed by atoms with Crippen LogP contribution in [0.5, 0.6) is 0 Å². The van der Waals surface area contributed by atoms with E-state index in [0.717, 1.165) is 9.35 Å². The molecule has 0 unspecified atom stereocenters. The summed E-state index contributed by atoms with van der Waals surface area (Å²) < 4.78 is 20.1. The molecule has 1 aromatic carbocycles. The van der Waals surface area contributed by atoms with Crippen LogP contribution in [-0.4, -0.2) is 5.16 Å². The minimum atomic E-state index is -0.544. The van der Waals surface area contributed by atoms with Crippen LogP contribution in [0.25, 0.3) is 21.7 Å². The van der Waals surface area contributed by atoms with Crippen LogP contribution >= 0.6 is 38.9 Å². The number of anilines is 1. The first-order chi connectivity index (χ1) is 9.59. The summed E-state index contributed by atoms with van der Waals surface area (Å²) in [5.74, 6) is -0.487. The molecule has 0 fully saturated rings. The molecule has 20 heavy (non-hydrogen) atoms. The van der Waals surface area contributed by atoms with Crippen LogP contribution in [0.1, 0.15) is 0 Å². The van der Waals surface area contributed by atoms with Crippen molar-refractivity contribution in [1.82, 2.24) is 5.16 Å². The first-order valence-corrected chi connectivity index (χ1v) is 7.57. The van der Waals surface area contributed by atoms with Crippen molar-refractivity contribution in [1.29, 1.82) is 0 Å². The lowest BCUT2D eigenvalue weighted by Crippen LogP contribution is -1.91. The quantitative estimate of drug-likeness (QED) is 0.671. The number of aromatic nitrogens is 1. The fourth-order valence-corrected chi connectivity index (χ4v) is 3.60. The highest BCUT2D eigenvalue weighted by Gasteiger charge is 2.23. The minimum absolute atomic E-state index is 0.0271. The minimum Gasteiger partial charge on any atom is -0.367 e. The van der Waals surface area contributed by atoms with Gasteiger partial charge in [0.25, 0.3) is 0 Å². The Hall–Kier alpha value is -1.37. The molecular formula is C13H7BrClFN2OS. The maximum Gasteiger partial charge on any atom is 0.230 e. The Bertz CT molecular complexity index is 787. The number of halogens is 3. The van der Waals surface area contributed by atoms with Crippen molar-refractivity contribution in [3.63, 3.8) is 0 Å². The number of nitrogens with zero attached hydrogens (tertiary/aromatic N) is 1. The van der Waals surface area contributed by atoms with Gasteiger partial charge in [-0.1, -0.05) is 28.9 Å². The average molecular weight is 374 g/mol. The highest BCUT2D eigenvalue weighted by molar-refractivity contribution is 9.10. The predicted molar refractivity (Wildman–Crippen MR) is 82.3 cm³/mol. The van der Waals surface area contributed by atoms with E-state index in [1.54, 1.807) is 12.1 Å². The van der Waals surface area contributed by atoms with Crippen LogP contribution in [0.15, 0.2) is 38.6 Å². The molecule has 2 aromatic heterocycles. The van der Waals surface area contributed by atoms with E-state index in [-0.39, 0.29) is 16.5 Å². The monoisotopic (exact) mass is 372 g/mol. The van der Waals surface area contributed by atoms with E-state index in [0.29, 0.717) is 11.3 Å². The molecule has 0 spiro atoms. The van der Waals surface area contributed by atoms with E-state index in [2.05, 4.69) is 21.1 Å². The Kier molecular flexibility index (Phi) is 3.54. The highest BCUT2D eigenvalue weighted by Crippen LogP contribution is 2.43.